The molecule has 1 rings (SSSR count). The molecule has 0 radical (unpaired) electrons. The van der Waals surface area contributed by atoms with Crippen LogP contribution in [-0.2, 0) is 0 Å². The smallest absolute Gasteiger partial charge is 0.251 e. The highest BCUT2D eigenvalue weighted by Crippen LogP contribution is 2.10. The van der Waals surface area contributed by atoms with Crippen LogP contribution in [-0.4, -0.2) is 18.5 Å². The Morgan fingerprint density at radius 2 is 2.00 bits per heavy atom. The van der Waals surface area contributed by atoms with Gasteiger partial charge < -0.3 is 11.1 Å². The first-order valence-corrected chi connectivity index (χ1v) is 5.19. The first-order valence-electron chi connectivity index (χ1n) is 4.40. The molecule has 0 aliphatic heterocycles. The summed E-state index contributed by atoms with van der Waals surface area (Å²) in [6, 6.07) is 7.21. The summed E-state index contributed by atoms with van der Waals surface area (Å²) in [5.41, 5.74) is 6.05. The fraction of sp³-hybridized carbons (Fsp3) is 0.300. The zero-order chi connectivity index (χ0) is 10.6. The third-order valence-electron chi connectivity index (χ3n) is 1.84. The molecule has 0 fully saturated rings. The zero-order valence-electron chi connectivity index (χ0n) is 8.37. The van der Waals surface area contributed by atoms with Crippen LogP contribution in [0.3, 0.4) is 0 Å². The first kappa shape index (κ1) is 14.4. The summed E-state index contributed by atoms with van der Waals surface area (Å²) in [6.07, 6.45) is 0. The highest BCUT2D eigenvalue weighted by molar-refractivity contribution is 9.10. The molecule has 0 saturated heterocycles. The maximum Gasteiger partial charge on any atom is 0.251 e. The lowest BCUT2D eigenvalue weighted by Crippen LogP contribution is -2.37. The largest absolute Gasteiger partial charge is 0.348 e. The third kappa shape index (κ3) is 4.64. The highest BCUT2D eigenvalue weighted by atomic mass is 79.9. The van der Waals surface area contributed by atoms with E-state index in [0.717, 1.165) is 4.47 Å². The van der Waals surface area contributed by atoms with Crippen LogP contribution in [0.25, 0.3) is 0 Å². The number of carbonyl (C=O) groups excluding carboxylic acids is 1. The van der Waals surface area contributed by atoms with Crippen LogP contribution in [0.15, 0.2) is 28.7 Å². The average Bonchev–Trinajstić information content (AvgIpc) is 2.18. The zero-order valence-corrected chi connectivity index (χ0v) is 10.8. The van der Waals surface area contributed by atoms with E-state index in [0.29, 0.717) is 12.1 Å². The van der Waals surface area contributed by atoms with Crippen molar-refractivity contribution in [3.63, 3.8) is 0 Å². The van der Waals surface area contributed by atoms with Gasteiger partial charge in [0.2, 0.25) is 0 Å². The molecule has 0 spiro atoms. The molecule has 1 aromatic rings. The number of halogens is 2. The van der Waals surface area contributed by atoms with Crippen molar-refractivity contribution in [2.24, 2.45) is 5.73 Å². The summed E-state index contributed by atoms with van der Waals surface area (Å²) in [5, 5.41) is 2.79. The number of carbonyl (C=O) groups is 1. The van der Waals surface area contributed by atoms with Crippen LogP contribution in [0.1, 0.15) is 17.3 Å². The van der Waals surface area contributed by atoms with E-state index in [1.54, 1.807) is 12.1 Å². The molecule has 84 valence electrons. The predicted molar refractivity (Wildman–Crippen MR) is 67.4 cm³/mol. The van der Waals surface area contributed by atoms with Crippen LogP contribution in [0.4, 0.5) is 0 Å². The number of hydrogen-bond donors (Lipinski definition) is 2. The Labute approximate surface area is 104 Å². The van der Waals surface area contributed by atoms with Gasteiger partial charge in [-0.05, 0) is 31.2 Å². The highest BCUT2D eigenvalue weighted by Gasteiger charge is 2.07. The maximum absolute atomic E-state index is 11.5. The number of benzene rings is 1. The van der Waals surface area contributed by atoms with E-state index in [1.807, 2.05) is 19.1 Å². The lowest BCUT2D eigenvalue weighted by molar-refractivity contribution is 0.0941. The van der Waals surface area contributed by atoms with Gasteiger partial charge in [0.05, 0.1) is 0 Å². The van der Waals surface area contributed by atoms with Crippen molar-refractivity contribution in [3.05, 3.63) is 34.3 Å². The summed E-state index contributed by atoms with van der Waals surface area (Å²) in [4.78, 5) is 11.5. The van der Waals surface area contributed by atoms with Gasteiger partial charge in [-0.1, -0.05) is 15.9 Å². The second-order valence-electron chi connectivity index (χ2n) is 3.12. The van der Waals surface area contributed by atoms with Crippen molar-refractivity contribution in [1.82, 2.24) is 5.32 Å². The lowest BCUT2D eigenvalue weighted by atomic mass is 10.2. The fourth-order valence-electron chi connectivity index (χ4n) is 0.967. The minimum atomic E-state index is -0.0875. The van der Waals surface area contributed by atoms with Gasteiger partial charge in [0.25, 0.3) is 5.91 Å². The van der Waals surface area contributed by atoms with Crippen molar-refractivity contribution < 1.29 is 4.79 Å². The van der Waals surface area contributed by atoms with Crippen molar-refractivity contribution in [2.45, 2.75) is 13.0 Å². The predicted octanol–water partition coefficient (Wildman–Crippen LogP) is 1.95. The first-order chi connectivity index (χ1) is 6.63. The van der Waals surface area contributed by atoms with Crippen LogP contribution < -0.4 is 11.1 Å². The second kappa shape index (κ2) is 6.82. The molecule has 1 amide bonds. The lowest BCUT2D eigenvalue weighted by Gasteiger charge is -2.10. The van der Waals surface area contributed by atoms with E-state index < -0.39 is 0 Å². The number of amides is 1. The molecule has 5 heteroatoms. The van der Waals surface area contributed by atoms with Crippen molar-refractivity contribution in [1.29, 1.82) is 0 Å². The summed E-state index contributed by atoms with van der Waals surface area (Å²) in [6.45, 7) is 2.32. The summed E-state index contributed by atoms with van der Waals surface area (Å²) in [5.74, 6) is -0.0875. The summed E-state index contributed by atoms with van der Waals surface area (Å²) >= 11 is 3.31. The van der Waals surface area contributed by atoms with Gasteiger partial charge in [0.15, 0.2) is 0 Å². The molecular formula is C10H14BrClN2O. The van der Waals surface area contributed by atoms with Gasteiger partial charge in [-0.3, -0.25) is 4.79 Å². The quantitative estimate of drug-likeness (QED) is 0.895. The molecule has 3 N–H and O–H groups in total. The number of nitrogens with two attached hydrogens (primary N) is 1. The fourth-order valence-corrected chi connectivity index (χ4v) is 1.23. The average molecular weight is 294 g/mol. The number of nitrogens with one attached hydrogen (secondary N) is 1. The van der Waals surface area contributed by atoms with Gasteiger partial charge in [-0.15, -0.1) is 12.4 Å². The molecular weight excluding hydrogens is 279 g/mol. The van der Waals surface area contributed by atoms with Gasteiger partial charge in [-0.25, -0.2) is 0 Å². The van der Waals surface area contributed by atoms with Gasteiger partial charge in [-0.2, -0.15) is 0 Å². The molecule has 0 heterocycles. The van der Waals surface area contributed by atoms with Crippen molar-refractivity contribution in [3.8, 4) is 0 Å². The number of hydrogen-bond acceptors (Lipinski definition) is 2. The second-order valence-corrected chi connectivity index (χ2v) is 4.03. The van der Waals surface area contributed by atoms with E-state index in [2.05, 4.69) is 21.2 Å². The van der Waals surface area contributed by atoms with E-state index in [1.165, 1.54) is 0 Å². The Morgan fingerprint density at radius 3 is 2.47 bits per heavy atom. The van der Waals surface area contributed by atoms with E-state index in [9.17, 15) is 4.79 Å². The molecule has 0 unspecified atom stereocenters. The van der Waals surface area contributed by atoms with Crippen molar-refractivity contribution in [2.75, 3.05) is 6.54 Å². The van der Waals surface area contributed by atoms with Crippen LogP contribution >= 0.6 is 28.3 Å². The minimum Gasteiger partial charge on any atom is -0.348 e. The molecule has 0 aromatic heterocycles. The van der Waals surface area contributed by atoms with Gasteiger partial charge in [0.1, 0.15) is 0 Å². The maximum atomic E-state index is 11.5. The molecule has 0 bridgehead atoms. The van der Waals surface area contributed by atoms with Crippen LogP contribution in [0.2, 0.25) is 0 Å². The Hall–Kier alpha value is -0.580. The summed E-state index contributed by atoms with van der Waals surface area (Å²) < 4.78 is 0.959. The Balaban J connectivity index is 0.00000196. The Kier molecular flexibility index (Phi) is 6.56. The number of rotatable bonds is 3. The van der Waals surface area contributed by atoms with Gasteiger partial charge >= 0.3 is 0 Å². The van der Waals surface area contributed by atoms with E-state index >= 15 is 0 Å². The monoisotopic (exact) mass is 292 g/mol. The topological polar surface area (TPSA) is 55.1 Å². The molecule has 0 aliphatic carbocycles. The minimum absolute atomic E-state index is 0. The third-order valence-corrected chi connectivity index (χ3v) is 2.37. The van der Waals surface area contributed by atoms with Crippen LogP contribution in [0, 0.1) is 0 Å². The summed E-state index contributed by atoms with van der Waals surface area (Å²) in [7, 11) is 0. The molecule has 15 heavy (non-hydrogen) atoms. The van der Waals surface area contributed by atoms with Crippen LogP contribution in [0.5, 0.6) is 0 Å². The van der Waals surface area contributed by atoms with E-state index in [-0.39, 0.29) is 24.4 Å². The van der Waals surface area contributed by atoms with Gasteiger partial charge in [0, 0.05) is 22.6 Å². The Morgan fingerprint density at radius 1 is 1.47 bits per heavy atom. The Bertz CT molecular complexity index is 316. The molecule has 3 nitrogen and oxygen atoms in total. The molecule has 1 aromatic carbocycles. The molecule has 1 atom stereocenters. The standard InChI is InChI=1S/C10H13BrN2O.ClH/c1-7(6-12)13-10(14)8-2-4-9(11)5-3-8;/h2-5,7H,6,12H2,1H3,(H,13,14);1H/t7-;/m1./s1. The normalized spacial score (nSPS) is 11.4. The van der Waals surface area contributed by atoms with Crippen molar-refractivity contribution >= 4 is 34.2 Å². The van der Waals surface area contributed by atoms with E-state index in [4.69, 9.17) is 5.73 Å². The SMILES string of the molecule is C[C@H](CN)NC(=O)c1ccc(Br)cc1.Cl. The molecule has 0 saturated carbocycles. The molecule has 0 aliphatic rings.